The molecule has 0 unspecified atom stereocenters. The minimum absolute atomic E-state index is 0. The van der Waals surface area contributed by atoms with E-state index in [1.54, 1.807) is 0 Å². The Labute approximate surface area is 63.8 Å². The molecule has 0 rings (SSSR count). The van der Waals surface area contributed by atoms with E-state index in [9.17, 15) is 0 Å². The van der Waals surface area contributed by atoms with Crippen molar-refractivity contribution in [1.82, 2.24) is 5.01 Å². The third-order valence-corrected chi connectivity index (χ3v) is 0.606. The normalized spacial score (nSPS) is 9.00. The Kier molecular flexibility index (Phi) is 10.6. The van der Waals surface area contributed by atoms with Gasteiger partial charge in [-0.05, 0) is 14.1 Å². The van der Waals surface area contributed by atoms with Crippen molar-refractivity contribution in [3.8, 4) is 0 Å². The van der Waals surface area contributed by atoms with Crippen LogP contribution in [0.1, 0.15) is 13.3 Å². The number of hydrogen-bond donors (Lipinski definition) is 0. The van der Waals surface area contributed by atoms with Gasteiger partial charge in [0, 0.05) is 0 Å². The molecule has 0 fully saturated rings. The summed E-state index contributed by atoms with van der Waals surface area (Å²) in [5.41, 5.74) is 4.08. The Hall–Kier alpha value is 0.517. The van der Waals surface area contributed by atoms with Gasteiger partial charge in [0.05, 0.1) is 0 Å². The van der Waals surface area contributed by atoms with Crippen LogP contribution in [0.25, 0.3) is 5.43 Å². The van der Waals surface area contributed by atoms with Crippen LogP contribution in [0, 0.1) is 0 Å². The first-order chi connectivity index (χ1) is 3.27. The second kappa shape index (κ2) is 7.52. The van der Waals surface area contributed by atoms with Gasteiger partial charge in [-0.25, -0.2) is 0 Å². The minimum Gasteiger partial charge on any atom is -0.595 e. The van der Waals surface area contributed by atoms with Gasteiger partial charge in [0.25, 0.3) is 0 Å². The van der Waals surface area contributed by atoms with Crippen molar-refractivity contribution in [3.63, 3.8) is 0 Å². The molecule has 0 aromatic rings. The molecule has 0 amide bonds. The first-order valence-corrected chi connectivity index (χ1v) is 2.62. The summed E-state index contributed by atoms with van der Waals surface area (Å²) in [6.07, 6.45) is 1.14. The summed E-state index contributed by atoms with van der Waals surface area (Å²) in [4.78, 5) is 0. The van der Waals surface area contributed by atoms with E-state index in [4.69, 9.17) is 0 Å². The molecule has 0 atom stereocenters. The van der Waals surface area contributed by atoms with E-state index in [0.717, 1.165) is 13.0 Å². The Bertz CT molecular complexity index is 39.4. The van der Waals surface area contributed by atoms with E-state index in [-0.39, 0.29) is 18.9 Å². The zero-order valence-corrected chi connectivity index (χ0v) is 6.31. The summed E-state index contributed by atoms with van der Waals surface area (Å²) in [7, 11) is 3.88. The monoisotopic (exact) mass is 108 g/mol. The third kappa shape index (κ3) is 9.72. The maximum atomic E-state index is 4.08. The van der Waals surface area contributed by atoms with Crippen LogP contribution in [0.5, 0.6) is 0 Å². The molecule has 0 aromatic carbocycles. The SMILES string of the molecule is CCC[N-]N(C)C.[Li+]. The quantitative estimate of drug-likeness (QED) is 0.309. The fourth-order valence-electron chi connectivity index (χ4n) is 0.300. The number of hydrogen-bond acceptors (Lipinski definition) is 1. The molecule has 0 aliphatic heterocycles. The second-order valence-electron chi connectivity index (χ2n) is 1.71. The van der Waals surface area contributed by atoms with Gasteiger partial charge in [-0.1, -0.05) is 13.3 Å². The van der Waals surface area contributed by atoms with Crippen molar-refractivity contribution in [2.24, 2.45) is 0 Å². The van der Waals surface area contributed by atoms with Crippen LogP contribution < -0.4 is 18.9 Å². The molecule has 0 saturated carbocycles. The summed E-state index contributed by atoms with van der Waals surface area (Å²) in [5, 5.41) is 1.84. The zero-order chi connectivity index (χ0) is 5.70. The van der Waals surface area contributed by atoms with Crippen LogP contribution in [0.4, 0.5) is 0 Å². The van der Waals surface area contributed by atoms with Crippen molar-refractivity contribution in [3.05, 3.63) is 5.43 Å². The fourth-order valence-corrected chi connectivity index (χ4v) is 0.300. The summed E-state index contributed by atoms with van der Waals surface area (Å²) < 4.78 is 0. The van der Waals surface area contributed by atoms with Gasteiger partial charge in [-0.15, -0.1) is 6.54 Å². The Balaban J connectivity index is 0. The van der Waals surface area contributed by atoms with Gasteiger partial charge in [0.2, 0.25) is 0 Å². The summed E-state index contributed by atoms with van der Waals surface area (Å²) in [5.74, 6) is 0. The standard InChI is InChI=1S/C5H13N2.Li/c1-4-5-6-7(2)3;/h4-5H2,1-3H3;/q-1;+1. The summed E-state index contributed by atoms with van der Waals surface area (Å²) >= 11 is 0. The van der Waals surface area contributed by atoms with Crippen molar-refractivity contribution in [2.45, 2.75) is 13.3 Å². The van der Waals surface area contributed by atoms with E-state index in [1.807, 2.05) is 19.1 Å². The van der Waals surface area contributed by atoms with E-state index >= 15 is 0 Å². The predicted molar refractivity (Wildman–Crippen MR) is 32.2 cm³/mol. The maximum absolute atomic E-state index is 4.08. The molecule has 0 aliphatic rings. The second-order valence-corrected chi connectivity index (χ2v) is 1.71. The van der Waals surface area contributed by atoms with Crippen LogP contribution in [0.2, 0.25) is 0 Å². The average Bonchev–Trinajstić information content (AvgIpc) is 1.61. The molecule has 3 heteroatoms. The molecule has 44 valence electrons. The molecule has 0 bridgehead atoms. The molecular formula is C5H13LiN2. The first kappa shape index (κ1) is 11.3. The Morgan fingerprint density at radius 1 is 1.38 bits per heavy atom. The largest absolute Gasteiger partial charge is 1.00 e. The zero-order valence-electron chi connectivity index (χ0n) is 6.31. The number of rotatable bonds is 3. The molecule has 0 spiro atoms. The van der Waals surface area contributed by atoms with Crippen molar-refractivity contribution >= 4 is 0 Å². The average molecular weight is 108 g/mol. The Morgan fingerprint density at radius 3 is 2.00 bits per heavy atom. The van der Waals surface area contributed by atoms with Crippen molar-refractivity contribution < 1.29 is 18.9 Å². The van der Waals surface area contributed by atoms with Crippen LogP contribution in [-0.4, -0.2) is 25.6 Å². The van der Waals surface area contributed by atoms with Crippen LogP contribution in [-0.2, 0) is 0 Å². The molecule has 8 heavy (non-hydrogen) atoms. The van der Waals surface area contributed by atoms with Gasteiger partial charge in [-0.3, -0.25) is 0 Å². The maximum Gasteiger partial charge on any atom is 1.00 e. The van der Waals surface area contributed by atoms with Crippen molar-refractivity contribution in [1.29, 1.82) is 0 Å². The van der Waals surface area contributed by atoms with Crippen molar-refractivity contribution in [2.75, 3.05) is 20.6 Å². The molecular weight excluding hydrogens is 95.0 g/mol. The first-order valence-electron chi connectivity index (χ1n) is 2.62. The van der Waals surface area contributed by atoms with Gasteiger partial charge >= 0.3 is 18.9 Å². The van der Waals surface area contributed by atoms with Crippen LogP contribution in [0.15, 0.2) is 0 Å². The smallest absolute Gasteiger partial charge is 0.595 e. The third-order valence-electron chi connectivity index (χ3n) is 0.606. The van der Waals surface area contributed by atoms with Gasteiger partial charge in [-0.2, -0.15) is 0 Å². The molecule has 2 nitrogen and oxygen atoms in total. The molecule has 0 aliphatic carbocycles. The van der Waals surface area contributed by atoms with Crippen LogP contribution >= 0.6 is 0 Å². The molecule has 0 N–H and O–H groups in total. The topological polar surface area (TPSA) is 17.3 Å². The Morgan fingerprint density at radius 2 is 1.88 bits per heavy atom. The molecule has 0 radical (unpaired) electrons. The minimum atomic E-state index is 0. The number of nitrogens with zero attached hydrogens (tertiary/aromatic N) is 2. The molecule has 0 heterocycles. The van der Waals surface area contributed by atoms with Gasteiger partial charge in [0.15, 0.2) is 0 Å². The fraction of sp³-hybridized carbons (Fsp3) is 1.00. The predicted octanol–water partition coefficient (Wildman–Crippen LogP) is -1.75. The summed E-state index contributed by atoms with van der Waals surface area (Å²) in [6.45, 7) is 3.07. The van der Waals surface area contributed by atoms with E-state index in [1.165, 1.54) is 0 Å². The van der Waals surface area contributed by atoms with E-state index in [2.05, 4.69) is 12.3 Å². The van der Waals surface area contributed by atoms with E-state index < -0.39 is 0 Å². The van der Waals surface area contributed by atoms with Crippen LogP contribution in [0.3, 0.4) is 0 Å². The van der Waals surface area contributed by atoms with Gasteiger partial charge < -0.3 is 10.4 Å². The summed E-state index contributed by atoms with van der Waals surface area (Å²) in [6, 6.07) is 0. The molecule has 0 saturated heterocycles. The van der Waals surface area contributed by atoms with E-state index in [0.29, 0.717) is 0 Å². The molecule has 0 aromatic heterocycles. The van der Waals surface area contributed by atoms with Gasteiger partial charge in [0.1, 0.15) is 0 Å².